The van der Waals surface area contributed by atoms with Gasteiger partial charge in [-0.25, -0.2) is 4.79 Å². The van der Waals surface area contributed by atoms with Crippen LogP contribution in [0.15, 0.2) is 38.0 Å². The molecule has 0 radical (unpaired) electrons. The van der Waals surface area contributed by atoms with Crippen molar-refractivity contribution in [1.29, 1.82) is 0 Å². The van der Waals surface area contributed by atoms with Gasteiger partial charge in [0.2, 0.25) is 0 Å². The Hall–Kier alpha value is -2.90. The van der Waals surface area contributed by atoms with E-state index >= 15 is 0 Å². The van der Waals surface area contributed by atoms with Crippen molar-refractivity contribution in [3.63, 3.8) is 0 Å². The lowest BCUT2D eigenvalue weighted by atomic mass is 10.3. The molecule has 1 atom stereocenters. The minimum atomic E-state index is -0.637. The summed E-state index contributed by atoms with van der Waals surface area (Å²) in [6, 6.07) is 7.03. The maximum atomic E-state index is 11.9. The Morgan fingerprint density at radius 3 is 2.91 bits per heavy atom. The van der Waals surface area contributed by atoms with Crippen LogP contribution in [0.1, 0.15) is 31.2 Å². The molecule has 2 heterocycles. The molecule has 1 aromatic carbocycles. The Kier molecular flexibility index (Phi) is 3.96. The first-order valence-corrected chi connectivity index (χ1v) is 7.12. The zero-order chi connectivity index (χ0) is 16.4. The van der Waals surface area contributed by atoms with Gasteiger partial charge in [0, 0.05) is 6.54 Å². The van der Waals surface area contributed by atoms with E-state index < -0.39 is 17.8 Å². The van der Waals surface area contributed by atoms with Crippen molar-refractivity contribution in [2.45, 2.75) is 32.9 Å². The van der Waals surface area contributed by atoms with Gasteiger partial charge in [0.15, 0.2) is 17.5 Å². The van der Waals surface area contributed by atoms with Crippen molar-refractivity contribution in [2.24, 2.45) is 0 Å². The van der Waals surface area contributed by atoms with E-state index in [9.17, 15) is 9.59 Å². The number of fused-ring (bicyclic) bond motifs is 1. The standard InChI is InChI=1S/C15H15N3O5/c1-9(14-16-10(2)17-23-14)21-13(19)7-8-18-11-5-3-4-6-12(11)22-15(18)20/h3-6,9H,7-8H2,1-2H3. The van der Waals surface area contributed by atoms with E-state index in [0.29, 0.717) is 16.9 Å². The number of para-hydroxylation sites is 2. The van der Waals surface area contributed by atoms with Crippen molar-refractivity contribution in [3.05, 3.63) is 46.5 Å². The molecule has 0 saturated heterocycles. The molecule has 3 aromatic rings. The number of hydrogen-bond donors (Lipinski definition) is 0. The molecule has 3 rings (SSSR count). The summed E-state index contributed by atoms with van der Waals surface area (Å²) in [4.78, 5) is 27.7. The van der Waals surface area contributed by atoms with Crippen molar-refractivity contribution in [3.8, 4) is 0 Å². The minimum absolute atomic E-state index is 0.0287. The van der Waals surface area contributed by atoms with Gasteiger partial charge in [-0.15, -0.1) is 0 Å². The molecule has 8 heteroatoms. The van der Waals surface area contributed by atoms with Crippen molar-refractivity contribution >= 4 is 17.1 Å². The summed E-state index contributed by atoms with van der Waals surface area (Å²) in [5.41, 5.74) is 1.13. The van der Waals surface area contributed by atoms with Gasteiger partial charge >= 0.3 is 11.7 Å². The molecule has 0 N–H and O–H groups in total. The highest BCUT2D eigenvalue weighted by molar-refractivity contribution is 5.73. The fraction of sp³-hybridized carbons (Fsp3) is 0.333. The molecule has 0 fully saturated rings. The molecule has 1 unspecified atom stereocenters. The van der Waals surface area contributed by atoms with Gasteiger partial charge in [0.25, 0.3) is 5.89 Å². The quantitative estimate of drug-likeness (QED) is 0.663. The number of aromatic nitrogens is 3. The molecule has 23 heavy (non-hydrogen) atoms. The predicted octanol–water partition coefficient (Wildman–Crippen LogP) is 1.98. The molecule has 0 aliphatic heterocycles. The molecule has 120 valence electrons. The number of ether oxygens (including phenoxy) is 1. The Morgan fingerprint density at radius 2 is 2.17 bits per heavy atom. The van der Waals surface area contributed by atoms with Crippen LogP contribution >= 0.6 is 0 Å². The summed E-state index contributed by atoms with van der Waals surface area (Å²) in [5, 5.41) is 3.64. The van der Waals surface area contributed by atoms with E-state index in [1.54, 1.807) is 38.1 Å². The molecule has 2 aromatic heterocycles. The van der Waals surface area contributed by atoms with Crippen molar-refractivity contribution in [1.82, 2.24) is 14.7 Å². The normalized spacial score (nSPS) is 12.4. The van der Waals surface area contributed by atoms with E-state index in [0.717, 1.165) is 0 Å². The van der Waals surface area contributed by atoms with Gasteiger partial charge in [-0.3, -0.25) is 9.36 Å². The maximum Gasteiger partial charge on any atom is 0.419 e. The Labute approximate surface area is 130 Å². The number of hydrogen-bond acceptors (Lipinski definition) is 7. The van der Waals surface area contributed by atoms with Gasteiger partial charge < -0.3 is 13.7 Å². The molecule has 0 amide bonds. The third-order valence-electron chi connectivity index (χ3n) is 3.31. The third-order valence-corrected chi connectivity index (χ3v) is 3.31. The number of carbonyl (C=O) groups is 1. The fourth-order valence-corrected chi connectivity index (χ4v) is 2.21. The molecule has 8 nitrogen and oxygen atoms in total. The number of rotatable bonds is 5. The second-order valence-electron chi connectivity index (χ2n) is 5.05. The zero-order valence-corrected chi connectivity index (χ0v) is 12.7. The van der Waals surface area contributed by atoms with Crippen LogP contribution in [-0.2, 0) is 16.1 Å². The monoisotopic (exact) mass is 317 g/mol. The molecule has 0 aliphatic carbocycles. The first-order valence-electron chi connectivity index (χ1n) is 7.12. The van der Waals surface area contributed by atoms with Crippen LogP contribution in [0.3, 0.4) is 0 Å². The highest BCUT2D eigenvalue weighted by Crippen LogP contribution is 2.16. The predicted molar refractivity (Wildman–Crippen MR) is 78.6 cm³/mol. The lowest BCUT2D eigenvalue weighted by Gasteiger charge is -2.09. The van der Waals surface area contributed by atoms with E-state index in [-0.39, 0.29) is 18.9 Å². The molecule has 0 bridgehead atoms. The smallest absolute Gasteiger partial charge is 0.419 e. The van der Waals surface area contributed by atoms with E-state index in [2.05, 4.69) is 10.1 Å². The average Bonchev–Trinajstić information content (AvgIpc) is 3.08. The van der Waals surface area contributed by atoms with Crippen molar-refractivity contribution < 1.29 is 18.5 Å². The van der Waals surface area contributed by atoms with E-state index in [1.165, 1.54) is 4.57 Å². The zero-order valence-electron chi connectivity index (χ0n) is 12.7. The van der Waals surface area contributed by atoms with Crippen LogP contribution in [0.5, 0.6) is 0 Å². The SMILES string of the molecule is Cc1noc(C(C)OC(=O)CCn2c(=O)oc3ccccc32)n1. The lowest BCUT2D eigenvalue weighted by Crippen LogP contribution is -2.18. The summed E-state index contributed by atoms with van der Waals surface area (Å²) < 4.78 is 16.7. The first kappa shape index (κ1) is 15.0. The van der Waals surface area contributed by atoms with Gasteiger partial charge in [-0.2, -0.15) is 4.98 Å². The third kappa shape index (κ3) is 3.15. The van der Waals surface area contributed by atoms with Crippen molar-refractivity contribution in [2.75, 3.05) is 0 Å². The van der Waals surface area contributed by atoms with Gasteiger partial charge in [0.1, 0.15) is 0 Å². The number of benzene rings is 1. The fourth-order valence-electron chi connectivity index (χ4n) is 2.21. The molecule has 0 aliphatic rings. The lowest BCUT2D eigenvalue weighted by molar-refractivity contribution is -0.150. The number of esters is 1. The van der Waals surface area contributed by atoms with Gasteiger partial charge in [-0.1, -0.05) is 17.3 Å². The number of oxazole rings is 1. The van der Waals surface area contributed by atoms with Crippen LogP contribution in [0, 0.1) is 6.92 Å². The average molecular weight is 317 g/mol. The van der Waals surface area contributed by atoms with Gasteiger partial charge in [0.05, 0.1) is 11.9 Å². The Morgan fingerprint density at radius 1 is 1.39 bits per heavy atom. The minimum Gasteiger partial charge on any atom is -0.452 e. The second kappa shape index (κ2) is 6.07. The first-order chi connectivity index (χ1) is 11.0. The summed E-state index contributed by atoms with van der Waals surface area (Å²) in [7, 11) is 0. The van der Waals surface area contributed by atoms with Gasteiger partial charge in [-0.05, 0) is 26.0 Å². The second-order valence-corrected chi connectivity index (χ2v) is 5.05. The van der Waals surface area contributed by atoms with Crippen LogP contribution < -0.4 is 5.76 Å². The number of carbonyl (C=O) groups excluding carboxylic acids is 1. The van der Waals surface area contributed by atoms with E-state index in [4.69, 9.17) is 13.7 Å². The maximum absolute atomic E-state index is 11.9. The summed E-state index contributed by atoms with van der Waals surface area (Å²) in [5.74, 6) is -0.258. The van der Waals surface area contributed by atoms with Crippen LogP contribution in [0.2, 0.25) is 0 Å². The van der Waals surface area contributed by atoms with Crippen LogP contribution in [-0.4, -0.2) is 20.7 Å². The van der Waals surface area contributed by atoms with Crippen LogP contribution in [0.25, 0.3) is 11.1 Å². The molecular weight excluding hydrogens is 302 g/mol. The molecule has 0 spiro atoms. The van der Waals surface area contributed by atoms with E-state index in [1.807, 2.05) is 0 Å². The molecule has 0 saturated carbocycles. The van der Waals surface area contributed by atoms with Crippen LogP contribution in [0.4, 0.5) is 0 Å². The summed E-state index contributed by atoms with van der Waals surface area (Å²) in [6.07, 6.45) is -0.609. The Balaban J connectivity index is 1.64. The summed E-state index contributed by atoms with van der Waals surface area (Å²) in [6.45, 7) is 3.49. The Bertz CT molecular complexity index is 892. The molecular formula is C15H15N3O5. The number of nitrogens with zero attached hydrogens (tertiary/aromatic N) is 3. The highest BCUT2D eigenvalue weighted by Gasteiger charge is 2.18. The summed E-state index contributed by atoms with van der Waals surface area (Å²) >= 11 is 0. The highest BCUT2D eigenvalue weighted by atomic mass is 16.6. The largest absolute Gasteiger partial charge is 0.452 e. The number of aryl methyl sites for hydroxylation is 2. The topological polar surface area (TPSA) is 100 Å².